The van der Waals surface area contributed by atoms with Crippen LogP contribution in [0.1, 0.15) is 28.5 Å². The normalized spacial score (nSPS) is 11.9. The minimum Gasteiger partial charge on any atom is -0.459 e. The van der Waals surface area contributed by atoms with Crippen LogP contribution in [0, 0.1) is 17.2 Å². The molecule has 1 aliphatic carbocycles. The summed E-state index contributed by atoms with van der Waals surface area (Å²) in [6.07, 6.45) is 0.323. The third-order valence-corrected chi connectivity index (χ3v) is 6.36. The van der Waals surface area contributed by atoms with Crippen LogP contribution in [-0.4, -0.2) is 40.0 Å². The van der Waals surface area contributed by atoms with Crippen molar-refractivity contribution in [2.24, 2.45) is 5.92 Å². The summed E-state index contributed by atoms with van der Waals surface area (Å²) >= 11 is 0. The molecule has 2 N–H and O–H groups in total. The van der Waals surface area contributed by atoms with E-state index in [1.165, 1.54) is 0 Å². The number of esters is 1. The molecule has 1 aliphatic rings. The van der Waals surface area contributed by atoms with Gasteiger partial charge in [-0.25, -0.2) is 9.48 Å². The summed E-state index contributed by atoms with van der Waals surface area (Å²) in [4.78, 5) is 50.6. The van der Waals surface area contributed by atoms with Gasteiger partial charge in [0.2, 0.25) is 11.7 Å². The van der Waals surface area contributed by atoms with Gasteiger partial charge in [0, 0.05) is 28.9 Å². The zero-order valence-corrected chi connectivity index (χ0v) is 21.4. The summed E-state index contributed by atoms with van der Waals surface area (Å²) in [6.45, 7) is 1.67. The molecule has 1 heterocycles. The first kappa shape index (κ1) is 26.1. The number of nitriles is 1. The topological polar surface area (TPSA) is 143 Å². The molecule has 3 aromatic carbocycles. The first-order valence-corrected chi connectivity index (χ1v) is 12.5. The number of rotatable bonds is 7. The van der Waals surface area contributed by atoms with Gasteiger partial charge in [-0.2, -0.15) is 10.4 Å². The van der Waals surface area contributed by atoms with Crippen LogP contribution in [0.15, 0.2) is 78.9 Å². The Bertz CT molecular complexity index is 1670. The summed E-state index contributed by atoms with van der Waals surface area (Å²) in [7, 11) is 0. The standard InChI is InChI=1S/C30H23N5O5/c1-2-40-30(39)29(38)33-20-14-13-18-15-23-25(27(36)24(17-31)28(37)32-19-9-5-3-6-10-19)34-35(26(23)22(18)16-20)21-11-7-4-8-12-21/h3-14,16,24H,2,15H2,1H3,(H,32,37)(H,33,38). The number of aromatic nitrogens is 2. The van der Waals surface area contributed by atoms with Gasteiger partial charge in [-0.1, -0.05) is 42.5 Å². The molecule has 0 bridgehead atoms. The van der Waals surface area contributed by atoms with Crippen molar-refractivity contribution >= 4 is 34.9 Å². The number of ether oxygens (including phenoxy) is 1. The molecule has 1 atom stereocenters. The van der Waals surface area contributed by atoms with Crippen LogP contribution in [0.25, 0.3) is 16.9 Å². The number of anilines is 2. The van der Waals surface area contributed by atoms with Gasteiger partial charge in [0.25, 0.3) is 0 Å². The molecule has 0 radical (unpaired) electrons. The van der Waals surface area contributed by atoms with Crippen molar-refractivity contribution in [3.05, 3.63) is 95.7 Å². The Balaban J connectivity index is 1.54. The van der Waals surface area contributed by atoms with Gasteiger partial charge in [-0.05, 0) is 48.9 Å². The third-order valence-electron chi connectivity index (χ3n) is 6.36. The number of fused-ring (bicyclic) bond motifs is 3. The zero-order chi connectivity index (χ0) is 28.2. The molecule has 1 unspecified atom stereocenters. The minimum absolute atomic E-state index is 0.0157. The number of Topliss-reactive ketones (excluding diaryl/α,β-unsaturated/α-hetero) is 1. The molecule has 10 nitrogen and oxygen atoms in total. The van der Waals surface area contributed by atoms with Crippen molar-refractivity contribution in [2.45, 2.75) is 13.3 Å². The number of benzene rings is 3. The Morgan fingerprint density at radius 2 is 1.68 bits per heavy atom. The summed E-state index contributed by atoms with van der Waals surface area (Å²) < 4.78 is 6.35. The molecule has 2 amide bonds. The molecule has 0 aliphatic heterocycles. The Morgan fingerprint density at radius 1 is 0.975 bits per heavy atom. The number of hydrogen-bond acceptors (Lipinski definition) is 7. The molecule has 40 heavy (non-hydrogen) atoms. The SMILES string of the molecule is CCOC(=O)C(=O)Nc1ccc2c(c1)-c1c(c(C(=O)C(C#N)C(=O)Nc3ccccc3)nn1-c1ccccc1)C2. The molecule has 198 valence electrons. The molecule has 0 fully saturated rings. The van der Waals surface area contributed by atoms with E-state index in [2.05, 4.69) is 15.7 Å². The predicted molar refractivity (Wildman–Crippen MR) is 146 cm³/mol. The number of ketones is 1. The number of carbonyl (C=O) groups excluding carboxylic acids is 4. The molecule has 1 aromatic heterocycles. The van der Waals surface area contributed by atoms with Crippen molar-refractivity contribution < 1.29 is 23.9 Å². The fourth-order valence-corrected chi connectivity index (χ4v) is 4.56. The average molecular weight is 534 g/mol. The maximum absolute atomic E-state index is 13.6. The maximum Gasteiger partial charge on any atom is 0.397 e. The van der Waals surface area contributed by atoms with Crippen LogP contribution in [0.3, 0.4) is 0 Å². The number of nitrogens with one attached hydrogen (secondary N) is 2. The number of para-hydroxylation sites is 2. The summed E-state index contributed by atoms with van der Waals surface area (Å²) in [5.74, 6) is -4.99. The lowest BCUT2D eigenvalue weighted by Crippen LogP contribution is -2.29. The lowest BCUT2D eigenvalue weighted by Gasteiger charge is -2.11. The molecule has 0 saturated heterocycles. The van der Waals surface area contributed by atoms with Gasteiger partial charge in [-0.15, -0.1) is 0 Å². The Kier molecular flexibility index (Phi) is 7.20. The van der Waals surface area contributed by atoms with Gasteiger partial charge in [0.1, 0.15) is 5.69 Å². The zero-order valence-electron chi connectivity index (χ0n) is 21.4. The van der Waals surface area contributed by atoms with E-state index in [9.17, 15) is 24.4 Å². The Hall–Kier alpha value is -5.56. The highest BCUT2D eigenvalue weighted by atomic mass is 16.5. The fraction of sp³-hybridized carbons (Fsp3) is 0.133. The predicted octanol–water partition coefficient (Wildman–Crippen LogP) is 3.91. The molecular formula is C30H23N5O5. The van der Waals surface area contributed by atoms with E-state index in [-0.39, 0.29) is 12.3 Å². The highest BCUT2D eigenvalue weighted by molar-refractivity contribution is 6.37. The number of nitrogens with zero attached hydrogens (tertiary/aromatic N) is 3. The fourth-order valence-electron chi connectivity index (χ4n) is 4.56. The number of amides is 2. The van der Waals surface area contributed by atoms with Crippen molar-refractivity contribution in [3.8, 4) is 23.0 Å². The van der Waals surface area contributed by atoms with Crippen molar-refractivity contribution in [1.29, 1.82) is 5.26 Å². The number of carbonyl (C=O) groups is 4. The molecule has 5 rings (SSSR count). The van der Waals surface area contributed by atoms with Crippen LogP contribution >= 0.6 is 0 Å². The van der Waals surface area contributed by atoms with Crippen molar-refractivity contribution in [3.63, 3.8) is 0 Å². The van der Waals surface area contributed by atoms with Crippen LogP contribution in [0.5, 0.6) is 0 Å². The average Bonchev–Trinajstić information content (AvgIpc) is 3.52. The van der Waals surface area contributed by atoms with E-state index in [1.807, 2.05) is 36.4 Å². The first-order valence-electron chi connectivity index (χ1n) is 12.5. The second-order valence-electron chi connectivity index (χ2n) is 8.93. The van der Waals surface area contributed by atoms with Gasteiger partial charge < -0.3 is 15.4 Å². The van der Waals surface area contributed by atoms with Crippen LogP contribution in [-0.2, 0) is 25.5 Å². The van der Waals surface area contributed by atoms with Crippen LogP contribution in [0.4, 0.5) is 11.4 Å². The molecule has 0 spiro atoms. The second-order valence-corrected chi connectivity index (χ2v) is 8.93. The summed E-state index contributed by atoms with van der Waals surface area (Å²) in [5.41, 5.74) is 4.19. The van der Waals surface area contributed by atoms with Crippen molar-refractivity contribution in [2.75, 3.05) is 17.2 Å². The van der Waals surface area contributed by atoms with E-state index < -0.39 is 29.5 Å². The largest absolute Gasteiger partial charge is 0.459 e. The Labute approximate surface area is 229 Å². The van der Waals surface area contributed by atoms with E-state index in [0.29, 0.717) is 40.3 Å². The van der Waals surface area contributed by atoms with E-state index in [0.717, 1.165) is 5.56 Å². The van der Waals surface area contributed by atoms with Crippen LogP contribution in [0.2, 0.25) is 0 Å². The lowest BCUT2D eigenvalue weighted by molar-refractivity contribution is -0.152. The second kappa shape index (κ2) is 11.0. The monoisotopic (exact) mass is 533 g/mol. The van der Waals surface area contributed by atoms with Gasteiger partial charge in [-0.3, -0.25) is 14.4 Å². The summed E-state index contributed by atoms with van der Waals surface area (Å²) in [5, 5.41) is 19.5. The molecule has 10 heteroatoms. The summed E-state index contributed by atoms with van der Waals surface area (Å²) in [6, 6.07) is 24.6. The van der Waals surface area contributed by atoms with E-state index in [4.69, 9.17) is 4.74 Å². The van der Waals surface area contributed by atoms with E-state index in [1.54, 1.807) is 60.1 Å². The highest BCUT2D eigenvalue weighted by Crippen LogP contribution is 2.41. The first-order chi connectivity index (χ1) is 19.4. The van der Waals surface area contributed by atoms with E-state index >= 15 is 0 Å². The molecule has 0 saturated carbocycles. The van der Waals surface area contributed by atoms with Crippen molar-refractivity contribution in [1.82, 2.24) is 9.78 Å². The van der Waals surface area contributed by atoms with Gasteiger partial charge in [0.05, 0.1) is 24.1 Å². The highest BCUT2D eigenvalue weighted by Gasteiger charge is 2.36. The third kappa shape index (κ3) is 4.96. The van der Waals surface area contributed by atoms with Crippen LogP contribution < -0.4 is 10.6 Å². The Morgan fingerprint density at radius 3 is 2.35 bits per heavy atom. The maximum atomic E-state index is 13.6. The van der Waals surface area contributed by atoms with Gasteiger partial charge >= 0.3 is 11.9 Å². The number of hydrogen-bond donors (Lipinski definition) is 2. The lowest BCUT2D eigenvalue weighted by atomic mass is 9.98. The quantitative estimate of drug-likeness (QED) is 0.140. The van der Waals surface area contributed by atoms with Gasteiger partial charge in [0.15, 0.2) is 5.92 Å². The molecule has 4 aromatic rings. The molecular weight excluding hydrogens is 510 g/mol. The smallest absolute Gasteiger partial charge is 0.397 e. The minimum atomic E-state index is -1.62.